The number of hydrogen-bond donors (Lipinski definition) is 1. The van der Waals surface area contributed by atoms with Crippen LogP contribution in [0.2, 0.25) is 0 Å². The maximum Gasteiger partial charge on any atom is 0.328 e. The van der Waals surface area contributed by atoms with Crippen LogP contribution in [0, 0.1) is 0 Å². The predicted octanol–water partition coefficient (Wildman–Crippen LogP) is 1.02. The van der Waals surface area contributed by atoms with Crippen molar-refractivity contribution in [3.63, 3.8) is 0 Å². The summed E-state index contributed by atoms with van der Waals surface area (Å²) >= 11 is 0. The highest BCUT2D eigenvalue weighted by atomic mass is 16.5. The van der Waals surface area contributed by atoms with Crippen molar-refractivity contribution in [1.82, 2.24) is 10.2 Å². The summed E-state index contributed by atoms with van der Waals surface area (Å²) in [6.45, 7) is 0.702. The Kier molecular flexibility index (Phi) is 2.77. The minimum Gasteiger partial charge on any atom is -0.478 e. The van der Waals surface area contributed by atoms with Crippen LogP contribution in [-0.4, -0.2) is 27.9 Å². The van der Waals surface area contributed by atoms with Gasteiger partial charge in [0.2, 0.25) is 11.8 Å². The quantitative estimate of drug-likeness (QED) is 0.749. The molecule has 6 nitrogen and oxygen atoms in total. The average Bonchev–Trinajstić information content (AvgIpc) is 2.85. The average molecular weight is 210 g/mol. The number of carboxylic acids is 1. The van der Waals surface area contributed by atoms with Gasteiger partial charge in [-0.2, -0.15) is 0 Å². The first kappa shape index (κ1) is 9.85. The highest BCUT2D eigenvalue weighted by Gasteiger charge is 2.22. The summed E-state index contributed by atoms with van der Waals surface area (Å²) < 4.78 is 10.6. The summed E-state index contributed by atoms with van der Waals surface area (Å²) in [5, 5.41) is 15.9. The first-order chi connectivity index (χ1) is 7.25. The normalized spacial score (nSPS) is 21.2. The van der Waals surface area contributed by atoms with Gasteiger partial charge in [0.1, 0.15) is 6.10 Å². The Morgan fingerprint density at radius 2 is 2.40 bits per heavy atom. The van der Waals surface area contributed by atoms with Gasteiger partial charge < -0.3 is 14.3 Å². The first-order valence-corrected chi connectivity index (χ1v) is 4.62. The Hall–Kier alpha value is -1.69. The van der Waals surface area contributed by atoms with Gasteiger partial charge >= 0.3 is 5.97 Å². The van der Waals surface area contributed by atoms with Gasteiger partial charge in [0.15, 0.2) is 0 Å². The predicted molar refractivity (Wildman–Crippen MR) is 48.9 cm³/mol. The van der Waals surface area contributed by atoms with Gasteiger partial charge in [0.25, 0.3) is 0 Å². The van der Waals surface area contributed by atoms with Crippen LogP contribution in [0.4, 0.5) is 0 Å². The maximum absolute atomic E-state index is 10.2. The Morgan fingerprint density at radius 3 is 3.07 bits per heavy atom. The third-order valence-corrected chi connectivity index (χ3v) is 2.03. The molecule has 1 aromatic heterocycles. The van der Waals surface area contributed by atoms with E-state index in [1.165, 1.54) is 6.08 Å². The van der Waals surface area contributed by atoms with Crippen LogP contribution >= 0.6 is 0 Å². The molecule has 1 saturated heterocycles. The van der Waals surface area contributed by atoms with Crippen molar-refractivity contribution < 1.29 is 19.1 Å². The van der Waals surface area contributed by atoms with Gasteiger partial charge in [0.05, 0.1) is 0 Å². The number of nitrogens with zero attached hydrogens (tertiary/aromatic N) is 2. The van der Waals surface area contributed by atoms with Crippen LogP contribution in [0.5, 0.6) is 0 Å². The van der Waals surface area contributed by atoms with Crippen LogP contribution in [0.3, 0.4) is 0 Å². The third kappa shape index (κ3) is 2.41. The molecule has 80 valence electrons. The molecular weight excluding hydrogens is 200 g/mol. The Labute approximate surface area is 85.6 Å². The molecule has 0 saturated carbocycles. The number of ether oxygens (including phenoxy) is 1. The monoisotopic (exact) mass is 210 g/mol. The molecular formula is C9H10N2O4. The van der Waals surface area contributed by atoms with Gasteiger partial charge in [-0.05, 0) is 12.8 Å². The lowest BCUT2D eigenvalue weighted by Crippen LogP contribution is -1.95. The lowest BCUT2D eigenvalue weighted by atomic mass is 10.2. The van der Waals surface area contributed by atoms with Crippen molar-refractivity contribution in [3.05, 3.63) is 17.9 Å². The molecule has 1 fully saturated rings. The second-order valence-electron chi connectivity index (χ2n) is 3.15. The molecule has 1 aromatic rings. The number of carbonyl (C=O) groups is 1. The molecule has 15 heavy (non-hydrogen) atoms. The molecule has 0 bridgehead atoms. The molecule has 6 heteroatoms. The standard InChI is InChI=1S/C9H10N2O4/c12-8(13)4-3-7-10-11-9(15-7)6-2-1-5-14-6/h3-4,6H,1-2,5H2,(H,12,13)/b4-3+. The topological polar surface area (TPSA) is 85.5 Å². The fraction of sp³-hybridized carbons (Fsp3) is 0.444. The van der Waals surface area contributed by atoms with Crippen molar-refractivity contribution >= 4 is 12.0 Å². The second-order valence-corrected chi connectivity index (χ2v) is 3.15. The highest BCUT2D eigenvalue weighted by molar-refractivity contribution is 5.84. The van der Waals surface area contributed by atoms with E-state index in [9.17, 15) is 4.79 Å². The molecule has 1 aliphatic rings. The molecule has 1 N–H and O–H groups in total. The van der Waals surface area contributed by atoms with Gasteiger partial charge in [-0.3, -0.25) is 0 Å². The highest BCUT2D eigenvalue weighted by Crippen LogP contribution is 2.27. The fourth-order valence-corrected chi connectivity index (χ4v) is 1.36. The first-order valence-electron chi connectivity index (χ1n) is 4.62. The molecule has 0 aromatic carbocycles. The van der Waals surface area contributed by atoms with E-state index < -0.39 is 5.97 Å². The maximum atomic E-state index is 10.2. The summed E-state index contributed by atoms with van der Waals surface area (Å²) in [7, 11) is 0. The van der Waals surface area contributed by atoms with E-state index in [0.29, 0.717) is 12.5 Å². The third-order valence-electron chi connectivity index (χ3n) is 2.03. The Morgan fingerprint density at radius 1 is 1.53 bits per heavy atom. The van der Waals surface area contributed by atoms with E-state index in [0.717, 1.165) is 18.9 Å². The number of aromatic nitrogens is 2. The Bertz CT molecular complexity index is 379. The Balaban J connectivity index is 2.06. The van der Waals surface area contributed by atoms with Gasteiger partial charge in [0, 0.05) is 18.8 Å². The SMILES string of the molecule is O=C(O)/C=C/c1nnc(C2CCCO2)o1. The zero-order valence-electron chi connectivity index (χ0n) is 7.92. The summed E-state index contributed by atoms with van der Waals surface area (Å²) in [6.07, 6.45) is 3.92. The van der Waals surface area contributed by atoms with Gasteiger partial charge in [-0.15, -0.1) is 10.2 Å². The van der Waals surface area contributed by atoms with E-state index in [4.69, 9.17) is 14.3 Å². The van der Waals surface area contributed by atoms with Crippen molar-refractivity contribution in [2.45, 2.75) is 18.9 Å². The summed E-state index contributed by atoms with van der Waals surface area (Å²) in [5.41, 5.74) is 0. The molecule has 0 spiro atoms. The second kappa shape index (κ2) is 4.22. The van der Waals surface area contributed by atoms with Crippen molar-refractivity contribution in [2.75, 3.05) is 6.61 Å². The zero-order valence-corrected chi connectivity index (χ0v) is 7.92. The molecule has 2 heterocycles. The smallest absolute Gasteiger partial charge is 0.328 e. The molecule has 1 unspecified atom stereocenters. The lowest BCUT2D eigenvalue weighted by Gasteiger charge is -2.00. The molecule has 2 rings (SSSR count). The molecule has 0 radical (unpaired) electrons. The van der Waals surface area contributed by atoms with Crippen LogP contribution < -0.4 is 0 Å². The molecule has 1 atom stereocenters. The minimum absolute atomic E-state index is 0.135. The van der Waals surface area contributed by atoms with Crippen molar-refractivity contribution in [2.24, 2.45) is 0 Å². The largest absolute Gasteiger partial charge is 0.478 e. The van der Waals surface area contributed by atoms with E-state index in [1.807, 2.05) is 0 Å². The van der Waals surface area contributed by atoms with Gasteiger partial charge in [-0.1, -0.05) is 0 Å². The van der Waals surface area contributed by atoms with Crippen LogP contribution in [0.1, 0.15) is 30.7 Å². The van der Waals surface area contributed by atoms with Crippen molar-refractivity contribution in [1.29, 1.82) is 0 Å². The molecule has 0 aliphatic carbocycles. The number of aliphatic carboxylic acids is 1. The minimum atomic E-state index is -1.05. The van der Waals surface area contributed by atoms with Crippen LogP contribution in [0.25, 0.3) is 6.08 Å². The molecule has 1 aliphatic heterocycles. The lowest BCUT2D eigenvalue weighted by molar-refractivity contribution is -0.131. The zero-order chi connectivity index (χ0) is 10.7. The van der Waals surface area contributed by atoms with Gasteiger partial charge in [-0.25, -0.2) is 4.79 Å². The van der Waals surface area contributed by atoms with Crippen molar-refractivity contribution in [3.8, 4) is 0 Å². The van der Waals surface area contributed by atoms with Crippen LogP contribution in [-0.2, 0) is 9.53 Å². The van der Waals surface area contributed by atoms with E-state index >= 15 is 0 Å². The summed E-state index contributed by atoms with van der Waals surface area (Å²) in [5.74, 6) is -0.452. The molecule has 0 amide bonds. The van der Waals surface area contributed by atoms with E-state index in [-0.39, 0.29) is 12.0 Å². The number of hydrogen-bond acceptors (Lipinski definition) is 5. The van der Waals surface area contributed by atoms with E-state index in [1.54, 1.807) is 0 Å². The van der Waals surface area contributed by atoms with E-state index in [2.05, 4.69) is 10.2 Å². The summed E-state index contributed by atoms with van der Waals surface area (Å²) in [4.78, 5) is 10.2. The summed E-state index contributed by atoms with van der Waals surface area (Å²) in [6, 6.07) is 0. The van der Waals surface area contributed by atoms with Crippen LogP contribution in [0.15, 0.2) is 10.5 Å². The number of rotatable bonds is 3. The fourth-order valence-electron chi connectivity index (χ4n) is 1.36. The number of carboxylic acid groups (broad SMARTS) is 1.